The van der Waals surface area contributed by atoms with Crippen molar-refractivity contribution in [2.45, 2.75) is 71.5 Å². The number of carbonyl (C=O) groups is 1. The summed E-state index contributed by atoms with van der Waals surface area (Å²) < 4.78 is 43.3. The zero-order valence-corrected chi connectivity index (χ0v) is 18.0. The van der Waals surface area contributed by atoms with E-state index in [1.807, 2.05) is 24.3 Å². The van der Waals surface area contributed by atoms with E-state index in [4.69, 9.17) is 0 Å². The van der Waals surface area contributed by atoms with Crippen LogP contribution in [-0.4, -0.2) is 23.6 Å². The Morgan fingerprint density at radius 3 is 2.40 bits per heavy atom. The number of nitrogens with one attached hydrogen (secondary N) is 1. The van der Waals surface area contributed by atoms with Gasteiger partial charge in [0.2, 0.25) is 5.91 Å². The Bertz CT molecular complexity index is 892. The molecule has 3 nitrogen and oxygen atoms in total. The average molecular weight is 421 g/mol. The summed E-state index contributed by atoms with van der Waals surface area (Å²) in [5.41, 5.74) is 2.62. The van der Waals surface area contributed by atoms with Crippen LogP contribution in [0.25, 0.3) is 10.8 Å². The minimum absolute atomic E-state index is 0.00910. The van der Waals surface area contributed by atoms with Crippen molar-refractivity contribution in [1.82, 2.24) is 10.4 Å². The molecule has 30 heavy (non-hydrogen) atoms. The fourth-order valence-corrected chi connectivity index (χ4v) is 4.27. The Hall–Kier alpha value is -2.08. The summed E-state index contributed by atoms with van der Waals surface area (Å²) in [6, 6.07) is 9.06. The van der Waals surface area contributed by atoms with Crippen LogP contribution in [0.4, 0.5) is 13.2 Å². The van der Waals surface area contributed by atoms with Gasteiger partial charge in [-0.1, -0.05) is 69.0 Å². The van der Waals surface area contributed by atoms with Gasteiger partial charge in [0, 0.05) is 6.54 Å². The lowest BCUT2D eigenvalue weighted by Gasteiger charge is -2.32. The predicted octanol–water partition coefficient (Wildman–Crippen LogP) is 6.33. The fourth-order valence-electron chi connectivity index (χ4n) is 4.27. The van der Waals surface area contributed by atoms with Gasteiger partial charge < -0.3 is 0 Å². The van der Waals surface area contributed by atoms with Crippen molar-refractivity contribution in [3.63, 3.8) is 0 Å². The van der Waals surface area contributed by atoms with Gasteiger partial charge >= 0.3 is 6.18 Å². The molecule has 1 saturated heterocycles. The Kier molecular flexibility index (Phi) is 6.75. The zero-order valence-electron chi connectivity index (χ0n) is 18.0. The van der Waals surface area contributed by atoms with Gasteiger partial charge in [-0.2, -0.15) is 13.2 Å². The van der Waals surface area contributed by atoms with Gasteiger partial charge in [0.05, 0.1) is 5.41 Å². The number of nitrogens with zero attached hydrogens (tertiary/aromatic N) is 1. The van der Waals surface area contributed by atoms with E-state index in [-0.39, 0.29) is 18.0 Å². The van der Waals surface area contributed by atoms with Crippen molar-refractivity contribution < 1.29 is 18.0 Å². The maximum Gasteiger partial charge on any atom is 0.409 e. The van der Waals surface area contributed by atoms with E-state index in [0.29, 0.717) is 17.4 Å². The number of halogens is 3. The van der Waals surface area contributed by atoms with Crippen LogP contribution in [0, 0.1) is 5.41 Å². The number of rotatable bonds is 8. The predicted molar refractivity (Wildman–Crippen MR) is 114 cm³/mol. The maximum atomic E-state index is 14.4. The van der Waals surface area contributed by atoms with Gasteiger partial charge in [-0.25, -0.2) is 5.01 Å². The number of fused-ring (bicyclic) bond motifs is 1. The lowest BCUT2D eigenvalue weighted by molar-refractivity contribution is -0.191. The molecule has 1 fully saturated rings. The van der Waals surface area contributed by atoms with Crippen LogP contribution < -0.4 is 5.43 Å². The summed E-state index contributed by atoms with van der Waals surface area (Å²) in [6.45, 7) is 5.50. The van der Waals surface area contributed by atoms with E-state index >= 15 is 0 Å². The van der Waals surface area contributed by atoms with Gasteiger partial charge in [-0.05, 0) is 48.6 Å². The smallest absolute Gasteiger partial charge is 0.287 e. The molecule has 6 heteroatoms. The summed E-state index contributed by atoms with van der Waals surface area (Å²) in [4.78, 5) is 12.3. The lowest BCUT2D eigenvalue weighted by atomic mass is 9.89. The van der Waals surface area contributed by atoms with Crippen LogP contribution in [-0.2, 0) is 11.2 Å². The van der Waals surface area contributed by atoms with Crippen molar-refractivity contribution in [3.05, 3.63) is 47.5 Å². The number of hydrazine groups is 1. The van der Waals surface area contributed by atoms with Gasteiger partial charge in [-0.3, -0.25) is 10.2 Å². The Labute approximate surface area is 176 Å². The van der Waals surface area contributed by atoms with Gasteiger partial charge in [-0.15, -0.1) is 0 Å². The van der Waals surface area contributed by atoms with E-state index in [0.717, 1.165) is 42.5 Å². The Balaban J connectivity index is 2.04. The van der Waals surface area contributed by atoms with Gasteiger partial charge in [0.25, 0.3) is 0 Å². The largest absolute Gasteiger partial charge is 0.409 e. The molecule has 1 atom stereocenters. The minimum Gasteiger partial charge on any atom is -0.287 e. The number of unbranched alkanes of at least 4 members (excludes halogenated alkanes) is 4. The monoisotopic (exact) mass is 420 g/mol. The third-order valence-electron chi connectivity index (χ3n) is 5.93. The quantitative estimate of drug-likeness (QED) is 0.506. The molecule has 0 aliphatic carbocycles. The van der Waals surface area contributed by atoms with Gasteiger partial charge in [0.1, 0.15) is 0 Å². The molecule has 1 amide bonds. The van der Waals surface area contributed by atoms with Crippen LogP contribution in [0.2, 0.25) is 0 Å². The van der Waals surface area contributed by atoms with E-state index in [1.165, 1.54) is 0 Å². The molecule has 1 aliphatic rings. The summed E-state index contributed by atoms with van der Waals surface area (Å²) >= 11 is 0. The Morgan fingerprint density at radius 1 is 1.07 bits per heavy atom. The highest BCUT2D eigenvalue weighted by molar-refractivity contribution is 5.88. The van der Waals surface area contributed by atoms with Crippen LogP contribution in [0.1, 0.15) is 70.0 Å². The van der Waals surface area contributed by atoms with Crippen molar-refractivity contribution >= 4 is 16.7 Å². The molecular weight excluding hydrogens is 389 g/mol. The van der Waals surface area contributed by atoms with Crippen LogP contribution >= 0.6 is 0 Å². The van der Waals surface area contributed by atoms with Crippen molar-refractivity contribution in [1.29, 1.82) is 0 Å². The number of amides is 1. The topological polar surface area (TPSA) is 32.3 Å². The van der Waals surface area contributed by atoms with E-state index in [9.17, 15) is 18.0 Å². The molecule has 1 unspecified atom stereocenters. The first-order chi connectivity index (χ1) is 14.1. The first-order valence-corrected chi connectivity index (χ1v) is 10.8. The van der Waals surface area contributed by atoms with Crippen LogP contribution in [0.3, 0.4) is 0 Å². The molecule has 0 aromatic heterocycles. The third kappa shape index (κ3) is 4.80. The van der Waals surface area contributed by atoms with Crippen LogP contribution in [0.15, 0.2) is 36.4 Å². The Morgan fingerprint density at radius 2 is 1.77 bits per heavy atom. The second kappa shape index (κ2) is 8.96. The third-order valence-corrected chi connectivity index (χ3v) is 5.93. The summed E-state index contributed by atoms with van der Waals surface area (Å²) in [7, 11) is 0. The zero-order chi connectivity index (χ0) is 21.9. The standard InChI is InChI=1S/C24H31F3N2O/c1-4-5-6-7-8-12-18-15-14-17-11-9-10-13-19(17)20(18)21(24(25,26)27)29-16-23(2,3)22(30)28-29/h9-11,13-15,21H,4-8,12,16H2,1-3H3,(H,28,30). The average Bonchev–Trinajstić information content (AvgIpc) is 2.94. The minimum atomic E-state index is -4.52. The van der Waals surface area contributed by atoms with E-state index in [1.54, 1.807) is 26.0 Å². The SMILES string of the molecule is CCCCCCCc1ccc2ccccc2c1C(N1CC(C)(C)C(=O)N1)C(F)(F)F. The molecule has 164 valence electrons. The number of hydrogen-bond acceptors (Lipinski definition) is 2. The molecule has 3 rings (SSSR count). The maximum absolute atomic E-state index is 14.4. The number of carbonyl (C=O) groups excluding carboxylic acids is 1. The fraction of sp³-hybridized carbons (Fsp3) is 0.542. The molecule has 0 bridgehead atoms. The van der Waals surface area contributed by atoms with Crippen molar-refractivity contribution in [2.24, 2.45) is 5.41 Å². The molecule has 1 N–H and O–H groups in total. The van der Waals surface area contributed by atoms with Crippen molar-refractivity contribution in [3.8, 4) is 0 Å². The van der Waals surface area contributed by atoms with Gasteiger partial charge in [0.15, 0.2) is 6.04 Å². The molecule has 2 aromatic rings. The normalized spacial score (nSPS) is 18.0. The molecule has 0 spiro atoms. The second-order valence-corrected chi connectivity index (χ2v) is 8.92. The van der Waals surface area contributed by atoms with E-state index < -0.39 is 17.6 Å². The second-order valence-electron chi connectivity index (χ2n) is 8.92. The number of alkyl halides is 3. The molecule has 1 aliphatic heterocycles. The molecular formula is C24H31F3N2O. The first-order valence-electron chi connectivity index (χ1n) is 10.8. The highest BCUT2D eigenvalue weighted by Crippen LogP contribution is 2.44. The molecule has 1 heterocycles. The molecule has 0 saturated carbocycles. The highest BCUT2D eigenvalue weighted by atomic mass is 19.4. The summed E-state index contributed by atoms with van der Waals surface area (Å²) in [5, 5.41) is 2.47. The number of aryl methyl sites for hydroxylation is 1. The lowest BCUT2D eigenvalue weighted by Crippen LogP contribution is -2.44. The van der Waals surface area contributed by atoms with Crippen molar-refractivity contribution in [2.75, 3.05) is 6.54 Å². The number of benzene rings is 2. The van der Waals surface area contributed by atoms with Crippen LogP contribution in [0.5, 0.6) is 0 Å². The van der Waals surface area contributed by atoms with E-state index in [2.05, 4.69) is 12.3 Å². The molecule has 0 radical (unpaired) electrons. The first kappa shape index (κ1) is 22.6. The molecule has 2 aromatic carbocycles. The summed E-state index contributed by atoms with van der Waals surface area (Å²) in [6.07, 6.45) is 1.30. The highest BCUT2D eigenvalue weighted by Gasteiger charge is 2.52. The number of hydrogen-bond donors (Lipinski definition) is 1. The summed E-state index contributed by atoms with van der Waals surface area (Å²) in [5.74, 6) is -0.377.